The van der Waals surface area contributed by atoms with Gasteiger partial charge in [-0.25, -0.2) is 4.79 Å². The number of aromatic nitrogens is 1. The van der Waals surface area contributed by atoms with Gasteiger partial charge in [0.1, 0.15) is 11.8 Å². The molecule has 7 heteroatoms. The number of nitrogens with zero attached hydrogens (tertiary/aromatic N) is 2. The predicted octanol–water partition coefficient (Wildman–Crippen LogP) is 3.79. The van der Waals surface area contributed by atoms with Gasteiger partial charge in [0.2, 0.25) is 0 Å². The highest BCUT2D eigenvalue weighted by Gasteiger charge is 2.32. The fourth-order valence-electron chi connectivity index (χ4n) is 3.34. The first-order chi connectivity index (χ1) is 11.2. The Balaban J connectivity index is 2.11. The molecule has 1 heterocycles. The number of carbonyl (C=O) groups excluding carboxylic acids is 1. The minimum Gasteiger partial charge on any atom is -0.444 e. The number of hydrogen-bond donors (Lipinski definition) is 1. The molecule has 1 amide bonds. The van der Waals surface area contributed by atoms with Crippen LogP contribution < -0.4 is 5.32 Å². The average Bonchev–Trinajstić information content (AvgIpc) is 2.44. The molecule has 132 valence electrons. The van der Waals surface area contributed by atoms with Crippen molar-refractivity contribution in [3.63, 3.8) is 0 Å². The summed E-state index contributed by atoms with van der Waals surface area (Å²) in [6.07, 6.45) is 4.80. The predicted molar refractivity (Wildman–Crippen MR) is 89.8 cm³/mol. The molecule has 7 nitrogen and oxygen atoms in total. The Morgan fingerprint density at radius 3 is 2.71 bits per heavy atom. The van der Waals surface area contributed by atoms with Gasteiger partial charge in [-0.2, -0.15) is 0 Å². The van der Waals surface area contributed by atoms with Crippen LogP contribution >= 0.6 is 0 Å². The Hall–Kier alpha value is -2.18. The van der Waals surface area contributed by atoms with Crippen molar-refractivity contribution in [3.8, 4) is 0 Å². The van der Waals surface area contributed by atoms with Crippen molar-refractivity contribution >= 4 is 11.8 Å². The first-order valence-corrected chi connectivity index (χ1v) is 8.23. The molecule has 0 unspecified atom stereocenters. The molecular weight excluding hydrogens is 310 g/mol. The molecule has 0 spiro atoms. The first kappa shape index (κ1) is 18.2. The standard InChI is InChI=1S/C17H25N3O4/c1-11-7-12(14-5-6-18-10-15(14)20(22)23)9-13(8-11)19-16(21)24-17(2,3)4/h5-6,10-13H,7-9H2,1-4H3,(H,19,21)/t11-,12-,13-/m0/s1. The summed E-state index contributed by atoms with van der Waals surface area (Å²) < 4.78 is 5.31. The van der Waals surface area contributed by atoms with Gasteiger partial charge in [-0.1, -0.05) is 6.92 Å². The van der Waals surface area contributed by atoms with E-state index in [1.165, 1.54) is 6.20 Å². The molecular formula is C17H25N3O4. The molecule has 0 bridgehead atoms. The second-order valence-electron chi connectivity index (χ2n) is 7.54. The highest BCUT2D eigenvalue weighted by molar-refractivity contribution is 5.68. The summed E-state index contributed by atoms with van der Waals surface area (Å²) >= 11 is 0. The van der Waals surface area contributed by atoms with Crippen molar-refractivity contribution in [3.05, 3.63) is 34.1 Å². The SMILES string of the molecule is C[C@@H]1C[C@H](NC(=O)OC(C)(C)C)C[C@@H](c2ccncc2[N+](=O)[O-])C1. The summed E-state index contributed by atoms with van der Waals surface area (Å²) in [4.78, 5) is 26.7. The van der Waals surface area contributed by atoms with Crippen LogP contribution in [0.3, 0.4) is 0 Å². The quantitative estimate of drug-likeness (QED) is 0.670. The van der Waals surface area contributed by atoms with E-state index in [4.69, 9.17) is 4.74 Å². The molecule has 1 aliphatic rings. The topological polar surface area (TPSA) is 94.4 Å². The van der Waals surface area contributed by atoms with Crippen molar-refractivity contribution in [2.45, 2.75) is 64.5 Å². The van der Waals surface area contributed by atoms with E-state index in [2.05, 4.69) is 17.2 Å². The number of ether oxygens (including phenoxy) is 1. The van der Waals surface area contributed by atoms with E-state index in [1.807, 2.05) is 20.8 Å². The van der Waals surface area contributed by atoms with Crippen molar-refractivity contribution in [2.24, 2.45) is 5.92 Å². The third-order valence-electron chi connectivity index (χ3n) is 4.13. The van der Waals surface area contributed by atoms with Crippen LogP contribution in [0.4, 0.5) is 10.5 Å². The maximum absolute atomic E-state index is 12.0. The number of pyridine rings is 1. The molecule has 24 heavy (non-hydrogen) atoms. The number of hydrogen-bond acceptors (Lipinski definition) is 5. The Kier molecular flexibility index (Phi) is 5.41. The van der Waals surface area contributed by atoms with E-state index in [0.29, 0.717) is 17.9 Å². The van der Waals surface area contributed by atoms with Crippen molar-refractivity contribution in [1.82, 2.24) is 10.3 Å². The third-order valence-corrected chi connectivity index (χ3v) is 4.13. The van der Waals surface area contributed by atoms with Gasteiger partial charge < -0.3 is 10.1 Å². The maximum Gasteiger partial charge on any atom is 0.407 e. The van der Waals surface area contributed by atoms with Crippen LogP contribution in [0.5, 0.6) is 0 Å². The number of nitrogens with one attached hydrogen (secondary N) is 1. The van der Waals surface area contributed by atoms with Gasteiger partial charge in [-0.05, 0) is 57.9 Å². The van der Waals surface area contributed by atoms with E-state index in [-0.39, 0.29) is 17.6 Å². The lowest BCUT2D eigenvalue weighted by Crippen LogP contribution is -2.42. The highest BCUT2D eigenvalue weighted by atomic mass is 16.6. The summed E-state index contributed by atoms with van der Waals surface area (Å²) in [7, 11) is 0. The van der Waals surface area contributed by atoms with Crippen molar-refractivity contribution < 1.29 is 14.5 Å². The normalized spacial score (nSPS) is 24.2. The van der Waals surface area contributed by atoms with Gasteiger partial charge in [-0.3, -0.25) is 15.1 Å². The number of carbonyl (C=O) groups is 1. The zero-order valence-electron chi connectivity index (χ0n) is 14.6. The highest BCUT2D eigenvalue weighted by Crippen LogP contribution is 2.39. The Bertz CT molecular complexity index is 612. The van der Waals surface area contributed by atoms with E-state index in [9.17, 15) is 14.9 Å². The largest absolute Gasteiger partial charge is 0.444 e. The second kappa shape index (κ2) is 7.15. The van der Waals surface area contributed by atoms with Crippen molar-refractivity contribution in [2.75, 3.05) is 0 Å². The lowest BCUT2D eigenvalue weighted by molar-refractivity contribution is -0.386. The molecule has 3 atom stereocenters. The molecule has 1 aromatic rings. The van der Waals surface area contributed by atoms with Gasteiger partial charge in [-0.15, -0.1) is 0 Å². The zero-order chi connectivity index (χ0) is 17.9. The van der Waals surface area contributed by atoms with E-state index >= 15 is 0 Å². The zero-order valence-corrected chi connectivity index (χ0v) is 14.6. The second-order valence-corrected chi connectivity index (χ2v) is 7.54. The van der Waals surface area contributed by atoms with Gasteiger partial charge in [0.05, 0.1) is 4.92 Å². The average molecular weight is 335 g/mol. The summed E-state index contributed by atoms with van der Waals surface area (Å²) in [6, 6.07) is 1.66. The van der Waals surface area contributed by atoms with Gasteiger partial charge >= 0.3 is 6.09 Å². The van der Waals surface area contributed by atoms with Crippen LogP contribution in [0.1, 0.15) is 58.4 Å². The maximum atomic E-state index is 12.0. The smallest absolute Gasteiger partial charge is 0.407 e. The molecule has 1 aromatic heterocycles. The van der Waals surface area contributed by atoms with Crippen molar-refractivity contribution in [1.29, 1.82) is 0 Å². The lowest BCUT2D eigenvalue weighted by atomic mass is 9.76. The number of nitro groups is 1. The van der Waals surface area contributed by atoms with Gasteiger partial charge in [0.15, 0.2) is 0 Å². The molecule has 0 aliphatic heterocycles. The van der Waals surface area contributed by atoms with Crippen LogP contribution in [-0.2, 0) is 4.74 Å². The van der Waals surface area contributed by atoms with Crippen LogP contribution in [0.2, 0.25) is 0 Å². The van der Waals surface area contributed by atoms with E-state index in [0.717, 1.165) is 12.8 Å². The molecule has 0 radical (unpaired) electrons. The number of rotatable bonds is 3. The molecule has 0 aromatic carbocycles. The molecule has 1 fully saturated rings. The first-order valence-electron chi connectivity index (χ1n) is 8.23. The van der Waals surface area contributed by atoms with Crippen LogP contribution in [0.25, 0.3) is 0 Å². The van der Waals surface area contributed by atoms with Crippen LogP contribution in [0.15, 0.2) is 18.5 Å². The van der Waals surface area contributed by atoms with Crippen LogP contribution in [0, 0.1) is 16.0 Å². The molecule has 2 rings (SSSR count). The Morgan fingerprint density at radius 2 is 2.08 bits per heavy atom. The minimum atomic E-state index is -0.548. The monoisotopic (exact) mass is 335 g/mol. The third kappa shape index (κ3) is 4.91. The molecule has 0 saturated heterocycles. The van der Waals surface area contributed by atoms with Gasteiger partial charge in [0.25, 0.3) is 5.69 Å². The summed E-state index contributed by atoms with van der Waals surface area (Å²) in [5, 5.41) is 14.1. The van der Waals surface area contributed by atoms with Gasteiger partial charge in [0, 0.05) is 17.8 Å². The summed E-state index contributed by atoms with van der Waals surface area (Å²) in [5.41, 5.74) is 0.193. The number of alkyl carbamates (subject to hydrolysis) is 1. The fourth-order valence-corrected chi connectivity index (χ4v) is 3.34. The fraction of sp³-hybridized carbons (Fsp3) is 0.647. The van der Waals surface area contributed by atoms with Crippen LogP contribution in [-0.4, -0.2) is 27.6 Å². The molecule has 1 aliphatic carbocycles. The lowest BCUT2D eigenvalue weighted by Gasteiger charge is -2.34. The molecule has 1 saturated carbocycles. The van der Waals surface area contributed by atoms with E-state index < -0.39 is 16.6 Å². The van der Waals surface area contributed by atoms with E-state index in [1.54, 1.807) is 12.3 Å². The summed E-state index contributed by atoms with van der Waals surface area (Å²) in [6.45, 7) is 7.56. The molecule has 1 N–H and O–H groups in total. The number of amides is 1. The minimum absolute atomic E-state index is 0.0251. The summed E-state index contributed by atoms with van der Waals surface area (Å²) in [5.74, 6) is 0.383. The Morgan fingerprint density at radius 1 is 1.38 bits per heavy atom. The Labute approximate surface area is 142 Å².